The molecule has 2 heterocycles. The molecule has 0 saturated heterocycles. The van der Waals surface area contributed by atoms with E-state index in [1.807, 2.05) is 4.68 Å². The van der Waals surface area contributed by atoms with Crippen LogP contribution in [0.3, 0.4) is 0 Å². The van der Waals surface area contributed by atoms with Crippen LogP contribution in [0.2, 0.25) is 0 Å². The van der Waals surface area contributed by atoms with Gasteiger partial charge in [0.1, 0.15) is 11.6 Å². The Hall–Kier alpha value is -1.84. The molecule has 4 heteroatoms. The summed E-state index contributed by atoms with van der Waals surface area (Å²) in [7, 11) is 0. The zero-order valence-corrected chi connectivity index (χ0v) is 11.1. The fraction of sp³-hybridized carbons (Fsp3) is 0.400. The Balaban J connectivity index is 2.10. The van der Waals surface area contributed by atoms with E-state index in [0.29, 0.717) is 0 Å². The molecule has 1 aliphatic heterocycles. The van der Waals surface area contributed by atoms with Gasteiger partial charge in [-0.3, -0.25) is 0 Å². The predicted molar refractivity (Wildman–Crippen MR) is 74.3 cm³/mol. The molecule has 1 aliphatic rings. The van der Waals surface area contributed by atoms with Crippen LogP contribution in [-0.2, 0) is 12.8 Å². The van der Waals surface area contributed by atoms with E-state index in [1.54, 1.807) is 12.1 Å². The summed E-state index contributed by atoms with van der Waals surface area (Å²) in [6.45, 7) is 3.10. The van der Waals surface area contributed by atoms with Gasteiger partial charge in [0, 0.05) is 12.1 Å². The quantitative estimate of drug-likeness (QED) is 0.896. The number of aromatic nitrogens is 2. The molecule has 0 amide bonds. The molecule has 3 nitrogen and oxygen atoms in total. The third-order valence-electron chi connectivity index (χ3n) is 3.62. The summed E-state index contributed by atoms with van der Waals surface area (Å²) in [6, 6.07) is 6.50. The lowest BCUT2D eigenvalue weighted by Crippen LogP contribution is -2.07. The molecule has 0 radical (unpaired) electrons. The summed E-state index contributed by atoms with van der Waals surface area (Å²) in [6.07, 6.45) is 4.38. The largest absolute Gasteiger partial charge is 0.370 e. The second-order valence-electron chi connectivity index (χ2n) is 4.90. The molecule has 3 rings (SSSR count). The zero-order chi connectivity index (χ0) is 13.2. The summed E-state index contributed by atoms with van der Waals surface area (Å²) in [5, 5.41) is 8.15. The maximum Gasteiger partial charge on any atom is 0.133 e. The first kappa shape index (κ1) is 12.2. The summed E-state index contributed by atoms with van der Waals surface area (Å²) in [5.41, 5.74) is 3.38. The molecule has 0 bridgehead atoms. The fourth-order valence-corrected chi connectivity index (χ4v) is 2.63. The van der Waals surface area contributed by atoms with Crippen molar-refractivity contribution in [1.82, 2.24) is 9.78 Å². The molecule has 0 spiro atoms. The van der Waals surface area contributed by atoms with Crippen molar-refractivity contribution in [3.63, 3.8) is 0 Å². The molecule has 0 saturated carbocycles. The van der Waals surface area contributed by atoms with Gasteiger partial charge in [-0.05, 0) is 49.9 Å². The Labute approximate surface area is 112 Å². The van der Waals surface area contributed by atoms with Crippen LogP contribution in [0.4, 0.5) is 10.2 Å². The number of hydrogen-bond donors (Lipinski definition) is 1. The highest BCUT2D eigenvalue weighted by Crippen LogP contribution is 2.28. The molecule has 2 aromatic rings. The van der Waals surface area contributed by atoms with Gasteiger partial charge in [0.15, 0.2) is 0 Å². The number of aryl methyl sites for hydroxylation is 1. The van der Waals surface area contributed by atoms with Crippen molar-refractivity contribution in [1.29, 1.82) is 0 Å². The van der Waals surface area contributed by atoms with Crippen LogP contribution in [-0.4, -0.2) is 16.3 Å². The minimum Gasteiger partial charge on any atom is -0.370 e. The lowest BCUT2D eigenvalue weighted by atomic mass is 10.1. The SMILES string of the molecule is CCc1nn(-c2ccc(F)cc2)c2c1CCCCN2. The maximum atomic E-state index is 13.0. The van der Waals surface area contributed by atoms with Crippen LogP contribution in [0.15, 0.2) is 24.3 Å². The number of fused-ring (bicyclic) bond motifs is 1. The highest BCUT2D eigenvalue weighted by molar-refractivity contribution is 5.54. The summed E-state index contributed by atoms with van der Waals surface area (Å²) in [5.74, 6) is 0.867. The molecule has 0 unspecified atom stereocenters. The second kappa shape index (κ2) is 5.03. The van der Waals surface area contributed by atoms with Crippen LogP contribution < -0.4 is 5.32 Å². The number of anilines is 1. The summed E-state index contributed by atoms with van der Waals surface area (Å²) in [4.78, 5) is 0. The number of halogens is 1. The van der Waals surface area contributed by atoms with Crippen LogP contribution in [0.5, 0.6) is 0 Å². The number of rotatable bonds is 2. The van der Waals surface area contributed by atoms with E-state index in [2.05, 4.69) is 17.3 Å². The first-order valence-electron chi connectivity index (χ1n) is 6.90. The van der Waals surface area contributed by atoms with Gasteiger partial charge in [0.05, 0.1) is 11.4 Å². The van der Waals surface area contributed by atoms with Gasteiger partial charge in [-0.1, -0.05) is 6.92 Å². The van der Waals surface area contributed by atoms with Crippen molar-refractivity contribution in [2.45, 2.75) is 32.6 Å². The molecule has 1 aromatic heterocycles. The fourth-order valence-electron chi connectivity index (χ4n) is 2.63. The van der Waals surface area contributed by atoms with Gasteiger partial charge in [-0.15, -0.1) is 0 Å². The molecule has 1 N–H and O–H groups in total. The first-order valence-corrected chi connectivity index (χ1v) is 6.90. The van der Waals surface area contributed by atoms with Crippen LogP contribution >= 0.6 is 0 Å². The Morgan fingerprint density at radius 2 is 2.05 bits per heavy atom. The van der Waals surface area contributed by atoms with Gasteiger partial charge in [-0.2, -0.15) is 5.10 Å². The van der Waals surface area contributed by atoms with E-state index < -0.39 is 0 Å². The monoisotopic (exact) mass is 259 g/mol. The third-order valence-corrected chi connectivity index (χ3v) is 3.62. The van der Waals surface area contributed by atoms with Crippen molar-refractivity contribution in [3.8, 4) is 5.69 Å². The van der Waals surface area contributed by atoms with E-state index in [4.69, 9.17) is 0 Å². The Bertz CT molecular complexity index is 572. The minimum absolute atomic E-state index is 0.217. The Morgan fingerprint density at radius 1 is 1.26 bits per heavy atom. The Kier molecular flexibility index (Phi) is 3.23. The molecule has 1 aromatic carbocycles. The van der Waals surface area contributed by atoms with Gasteiger partial charge in [0.25, 0.3) is 0 Å². The van der Waals surface area contributed by atoms with Crippen molar-refractivity contribution in [2.75, 3.05) is 11.9 Å². The molecule has 100 valence electrons. The Morgan fingerprint density at radius 3 is 2.79 bits per heavy atom. The van der Waals surface area contributed by atoms with Gasteiger partial charge >= 0.3 is 0 Å². The standard InChI is InChI=1S/C15H18FN3/c1-2-14-13-5-3-4-10-17-15(13)19(18-14)12-8-6-11(16)7-9-12/h6-9,17H,2-5,10H2,1H3. The number of nitrogens with one attached hydrogen (secondary N) is 1. The number of benzene rings is 1. The molecule has 0 fully saturated rings. The average Bonchev–Trinajstić information content (AvgIpc) is 2.61. The molecular weight excluding hydrogens is 241 g/mol. The second-order valence-corrected chi connectivity index (χ2v) is 4.90. The van der Waals surface area contributed by atoms with Gasteiger partial charge in [0.2, 0.25) is 0 Å². The van der Waals surface area contributed by atoms with Crippen molar-refractivity contribution in [3.05, 3.63) is 41.3 Å². The zero-order valence-electron chi connectivity index (χ0n) is 11.1. The van der Waals surface area contributed by atoms with Crippen LogP contribution in [0.25, 0.3) is 5.69 Å². The van der Waals surface area contributed by atoms with E-state index in [1.165, 1.54) is 30.5 Å². The average molecular weight is 259 g/mol. The lowest BCUT2D eigenvalue weighted by Gasteiger charge is -2.09. The smallest absolute Gasteiger partial charge is 0.133 e. The molecule has 19 heavy (non-hydrogen) atoms. The van der Waals surface area contributed by atoms with Crippen LogP contribution in [0, 0.1) is 5.82 Å². The lowest BCUT2D eigenvalue weighted by molar-refractivity contribution is 0.627. The van der Waals surface area contributed by atoms with Crippen molar-refractivity contribution < 1.29 is 4.39 Å². The maximum absolute atomic E-state index is 13.0. The van der Waals surface area contributed by atoms with Crippen LogP contribution in [0.1, 0.15) is 31.0 Å². The van der Waals surface area contributed by atoms with Crippen molar-refractivity contribution in [2.24, 2.45) is 0 Å². The summed E-state index contributed by atoms with van der Waals surface area (Å²) >= 11 is 0. The first-order chi connectivity index (χ1) is 9.29. The van der Waals surface area contributed by atoms with E-state index in [9.17, 15) is 4.39 Å². The molecule has 0 aliphatic carbocycles. The summed E-state index contributed by atoms with van der Waals surface area (Å²) < 4.78 is 14.9. The van der Waals surface area contributed by atoms with E-state index in [-0.39, 0.29) is 5.82 Å². The van der Waals surface area contributed by atoms with E-state index in [0.717, 1.165) is 36.6 Å². The van der Waals surface area contributed by atoms with E-state index >= 15 is 0 Å². The highest BCUT2D eigenvalue weighted by Gasteiger charge is 2.19. The normalized spacial score (nSPS) is 14.6. The van der Waals surface area contributed by atoms with Gasteiger partial charge in [-0.25, -0.2) is 9.07 Å². The topological polar surface area (TPSA) is 29.9 Å². The molecular formula is C15H18FN3. The molecule has 0 atom stereocenters. The highest BCUT2D eigenvalue weighted by atomic mass is 19.1. The van der Waals surface area contributed by atoms with Gasteiger partial charge < -0.3 is 5.32 Å². The van der Waals surface area contributed by atoms with Crippen molar-refractivity contribution >= 4 is 5.82 Å². The minimum atomic E-state index is -0.217. The number of hydrogen-bond acceptors (Lipinski definition) is 2. The predicted octanol–water partition coefficient (Wildman–Crippen LogP) is 3.32. The number of nitrogens with zero attached hydrogens (tertiary/aromatic N) is 2. The third kappa shape index (κ3) is 2.23.